The predicted molar refractivity (Wildman–Crippen MR) is 60.3 cm³/mol. The molecule has 0 spiro atoms. The van der Waals surface area contributed by atoms with Crippen LogP contribution in [-0.2, 0) is 19.6 Å². The molecule has 17 heavy (non-hydrogen) atoms. The number of hydrogen-bond acceptors (Lipinski definition) is 4. The number of carbonyl (C=O) groups excluding carboxylic acids is 1. The lowest BCUT2D eigenvalue weighted by Gasteiger charge is -2.37. The number of esters is 1. The van der Waals surface area contributed by atoms with E-state index in [2.05, 4.69) is 0 Å². The van der Waals surface area contributed by atoms with Gasteiger partial charge in [-0.1, -0.05) is 0 Å². The molecule has 6 heteroatoms. The quantitative estimate of drug-likeness (QED) is 0.736. The van der Waals surface area contributed by atoms with E-state index in [1.54, 1.807) is 0 Å². The van der Waals surface area contributed by atoms with Crippen LogP contribution in [-0.4, -0.2) is 27.2 Å². The third-order valence-corrected chi connectivity index (χ3v) is 6.22. The van der Waals surface area contributed by atoms with Crippen LogP contribution in [0.3, 0.4) is 0 Å². The summed E-state index contributed by atoms with van der Waals surface area (Å²) in [7, 11) is -2.17. The molecule has 0 aromatic carbocycles. The van der Waals surface area contributed by atoms with Crippen LogP contribution in [0.2, 0.25) is 0 Å². The topological polar surface area (TPSA) is 86.5 Å². The summed E-state index contributed by atoms with van der Waals surface area (Å²) >= 11 is 0. The number of carbonyl (C=O) groups is 1. The Morgan fingerprint density at radius 1 is 1.29 bits per heavy atom. The van der Waals surface area contributed by atoms with Crippen molar-refractivity contribution in [3.8, 4) is 0 Å². The summed E-state index contributed by atoms with van der Waals surface area (Å²) in [5.41, 5.74) is -1.01. The standard InChI is InChI=1S/C11H17NO4S/c1-16-9(13)11-4-7-2-10(11,3-8(7)5-11)6-17(12,14)15/h7-8H,2-6H2,1H3,(H2,12,14,15). The molecule has 4 aliphatic rings. The van der Waals surface area contributed by atoms with Crippen molar-refractivity contribution >= 4 is 16.0 Å². The fourth-order valence-electron chi connectivity index (χ4n) is 4.92. The minimum absolute atomic E-state index is 0.0674. The summed E-state index contributed by atoms with van der Waals surface area (Å²) in [4.78, 5) is 12.1. The number of primary sulfonamides is 1. The molecule has 4 aliphatic carbocycles. The van der Waals surface area contributed by atoms with Gasteiger partial charge in [-0.3, -0.25) is 4.79 Å². The summed E-state index contributed by atoms with van der Waals surface area (Å²) in [5.74, 6) is 0.692. The Morgan fingerprint density at radius 2 is 1.82 bits per heavy atom. The van der Waals surface area contributed by atoms with Gasteiger partial charge in [-0.05, 0) is 37.5 Å². The Bertz CT molecular complexity index is 470. The van der Waals surface area contributed by atoms with Crippen LogP contribution in [0.1, 0.15) is 25.7 Å². The highest BCUT2D eigenvalue weighted by molar-refractivity contribution is 7.89. The monoisotopic (exact) mass is 259 g/mol. The molecule has 0 amide bonds. The second-order valence-electron chi connectivity index (χ2n) is 6.00. The van der Waals surface area contributed by atoms with E-state index in [4.69, 9.17) is 9.88 Å². The van der Waals surface area contributed by atoms with Crippen LogP contribution >= 0.6 is 0 Å². The van der Waals surface area contributed by atoms with E-state index in [1.165, 1.54) is 7.11 Å². The maximum Gasteiger partial charge on any atom is 0.312 e. The summed E-state index contributed by atoms with van der Waals surface area (Å²) in [5, 5.41) is 5.20. The van der Waals surface area contributed by atoms with Gasteiger partial charge in [0, 0.05) is 5.41 Å². The third-order valence-electron chi connectivity index (χ3n) is 5.26. The predicted octanol–water partition coefficient (Wildman–Crippen LogP) is 0.254. The zero-order chi connectivity index (χ0) is 12.5. The molecule has 0 aromatic heterocycles. The van der Waals surface area contributed by atoms with E-state index in [1.807, 2.05) is 0 Å². The van der Waals surface area contributed by atoms with Crippen LogP contribution in [0.15, 0.2) is 0 Å². The first-order chi connectivity index (χ1) is 7.82. The lowest BCUT2D eigenvalue weighted by atomic mass is 9.69. The van der Waals surface area contributed by atoms with E-state index < -0.39 is 20.9 Å². The number of sulfonamides is 1. The molecule has 0 heterocycles. The van der Waals surface area contributed by atoms with Gasteiger partial charge in [0.15, 0.2) is 0 Å². The molecule has 0 radical (unpaired) electrons. The van der Waals surface area contributed by atoms with Crippen molar-refractivity contribution in [3.63, 3.8) is 0 Å². The van der Waals surface area contributed by atoms with Crippen molar-refractivity contribution in [1.82, 2.24) is 0 Å². The van der Waals surface area contributed by atoms with Gasteiger partial charge in [-0.25, -0.2) is 13.6 Å². The van der Waals surface area contributed by atoms with Crippen LogP contribution < -0.4 is 5.14 Å². The van der Waals surface area contributed by atoms with E-state index in [0.29, 0.717) is 11.8 Å². The average Bonchev–Trinajstić information content (AvgIpc) is 2.82. The SMILES string of the molecule is COC(=O)C12CC3CC1(CS(N)(=O)=O)CC3C2. The Balaban J connectivity index is 2.03. The van der Waals surface area contributed by atoms with Crippen molar-refractivity contribution in [2.75, 3.05) is 12.9 Å². The summed E-state index contributed by atoms with van der Waals surface area (Å²) < 4.78 is 27.7. The van der Waals surface area contributed by atoms with Crippen LogP contribution in [0, 0.1) is 22.7 Å². The molecule has 2 atom stereocenters. The first-order valence-corrected chi connectivity index (χ1v) is 7.62. The zero-order valence-corrected chi connectivity index (χ0v) is 10.6. The maximum atomic E-state index is 12.1. The minimum Gasteiger partial charge on any atom is -0.469 e. The zero-order valence-electron chi connectivity index (χ0n) is 9.81. The van der Waals surface area contributed by atoms with E-state index in [-0.39, 0.29) is 11.7 Å². The van der Waals surface area contributed by atoms with Crippen molar-refractivity contribution in [2.24, 2.45) is 27.8 Å². The van der Waals surface area contributed by atoms with Gasteiger partial charge in [0.2, 0.25) is 10.0 Å². The van der Waals surface area contributed by atoms with Gasteiger partial charge >= 0.3 is 5.97 Å². The Kier molecular flexibility index (Phi) is 2.05. The molecule has 4 bridgehead atoms. The van der Waals surface area contributed by atoms with Crippen molar-refractivity contribution in [3.05, 3.63) is 0 Å². The molecule has 0 saturated heterocycles. The molecule has 5 nitrogen and oxygen atoms in total. The van der Waals surface area contributed by atoms with E-state index in [9.17, 15) is 13.2 Å². The van der Waals surface area contributed by atoms with E-state index in [0.717, 1.165) is 25.7 Å². The van der Waals surface area contributed by atoms with Gasteiger partial charge < -0.3 is 4.74 Å². The van der Waals surface area contributed by atoms with Crippen LogP contribution in [0.5, 0.6) is 0 Å². The Hall–Kier alpha value is -0.620. The lowest BCUT2D eigenvalue weighted by Crippen LogP contribution is -2.45. The van der Waals surface area contributed by atoms with Gasteiger partial charge in [0.05, 0.1) is 18.3 Å². The highest BCUT2D eigenvalue weighted by atomic mass is 32.2. The molecular weight excluding hydrogens is 242 g/mol. The second-order valence-corrected chi connectivity index (χ2v) is 7.61. The maximum absolute atomic E-state index is 12.1. The molecule has 4 saturated carbocycles. The largest absolute Gasteiger partial charge is 0.469 e. The fraction of sp³-hybridized carbons (Fsp3) is 0.909. The Morgan fingerprint density at radius 3 is 2.24 bits per heavy atom. The van der Waals surface area contributed by atoms with Crippen LogP contribution in [0.25, 0.3) is 0 Å². The molecule has 4 fully saturated rings. The van der Waals surface area contributed by atoms with Gasteiger partial charge in [0.1, 0.15) is 0 Å². The molecule has 2 unspecified atom stereocenters. The van der Waals surface area contributed by atoms with E-state index >= 15 is 0 Å². The van der Waals surface area contributed by atoms with Gasteiger partial charge in [-0.15, -0.1) is 0 Å². The van der Waals surface area contributed by atoms with Crippen molar-refractivity contribution in [2.45, 2.75) is 25.7 Å². The first-order valence-electron chi connectivity index (χ1n) is 5.91. The summed E-state index contributed by atoms with van der Waals surface area (Å²) in [6.07, 6.45) is 3.23. The highest BCUT2D eigenvalue weighted by Gasteiger charge is 2.75. The summed E-state index contributed by atoms with van der Waals surface area (Å²) in [6, 6.07) is 0. The first kappa shape index (κ1) is 11.5. The number of rotatable bonds is 3. The van der Waals surface area contributed by atoms with Gasteiger partial charge in [-0.2, -0.15) is 0 Å². The van der Waals surface area contributed by atoms with Crippen molar-refractivity contribution in [1.29, 1.82) is 0 Å². The third kappa shape index (κ3) is 1.28. The Labute approximate surface area is 101 Å². The smallest absolute Gasteiger partial charge is 0.312 e. The highest BCUT2D eigenvalue weighted by Crippen LogP contribution is 2.77. The molecule has 0 aliphatic heterocycles. The fourth-order valence-corrected chi connectivity index (χ4v) is 6.20. The number of ether oxygens (including phenoxy) is 1. The summed E-state index contributed by atoms with van der Waals surface area (Å²) in [6.45, 7) is 0. The molecule has 4 rings (SSSR count). The normalized spacial score (nSPS) is 46.7. The number of methoxy groups -OCH3 is 1. The molecule has 0 aromatic rings. The molecule has 2 N–H and O–H groups in total. The van der Waals surface area contributed by atoms with Crippen molar-refractivity contribution < 1.29 is 17.9 Å². The molecular formula is C11H17NO4S. The lowest BCUT2D eigenvalue weighted by molar-refractivity contribution is -0.157. The average molecular weight is 259 g/mol. The minimum atomic E-state index is -3.55. The molecule has 96 valence electrons. The number of nitrogens with two attached hydrogens (primary N) is 1. The number of hydrogen-bond donors (Lipinski definition) is 1. The van der Waals surface area contributed by atoms with Gasteiger partial charge in [0.25, 0.3) is 0 Å². The second kappa shape index (κ2) is 3.03. The van der Waals surface area contributed by atoms with Crippen LogP contribution in [0.4, 0.5) is 0 Å².